The number of hydrogen-bond donors (Lipinski definition) is 1. The van der Waals surface area contributed by atoms with Gasteiger partial charge in [0, 0.05) is 29.2 Å². The largest absolute Gasteiger partial charge is 0.361 e. The molecule has 0 amide bonds. The van der Waals surface area contributed by atoms with Crippen LogP contribution in [0.2, 0.25) is 4.34 Å². The zero-order chi connectivity index (χ0) is 18.9. The van der Waals surface area contributed by atoms with Gasteiger partial charge in [-0.25, -0.2) is 4.98 Å². The number of aromatic amines is 1. The number of nitrogens with zero attached hydrogens (tertiary/aromatic N) is 4. The molecule has 28 heavy (non-hydrogen) atoms. The summed E-state index contributed by atoms with van der Waals surface area (Å²) >= 11 is 8.94. The number of benzene rings is 2. The Labute approximate surface area is 174 Å². The van der Waals surface area contributed by atoms with Crippen LogP contribution in [0.5, 0.6) is 0 Å². The zero-order valence-corrected chi connectivity index (χ0v) is 16.9. The molecule has 8 heteroatoms. The van der Waals surface area contributed by atoms with Crippen LogP contribution in [0.1, 0.15) is 11.4 Å². The van der Waals surface area contributed by atoms with Crippen molar-refractivity contribution in [2.24, 2.45) is 0 Å². The molecular formula is C20H14ClN5S2. The fourth-order valence-corrected chi connectivity index (χ4v) is 5.22. The van der Waals surface area contributed by atoms with Crippen LogP contribution in [0.15, 0.2) is 76.5 Å². The second-order valence-electron chi connectivity index (χ2n) is 6.14. The summed E-state index contributed by atoms with van der Waals surface area (Å²) in [5.74, 6) is 0.876. The topological polar surface area (TPSA) is 59.4 Å². The quantitative estimate of drug-likeness (QED) is 0.399. The lowest BCUT2D eigenvalue weighted by Gasteiger charge is -2.09. The molecule has 0 bridgehead atoms. The highest BCUT2D eigenvalue weighted by atomic mass is 35.5. The van der Waals surface area contributed by atoms with E-state index in [1.165, 1.54) is 34.0 Å². The fourth-order valence-electron chi connectivity index (χ4n) is 3.13. The summed E-state index contributed by atoms with van der Waals surface area (Å²) in [4.78, 5) is 7.67. The molecule has 0 fully saturated rings. The van der Waals surface area contributed by atoms with Crippen molar-refractivity contribution >= 4 is 45.6 Å². The standard InChI is InChI=1S/C20H14ClN5S2/c21-17-12-23-20(27-17)28-19-25-24-18(26(19)14-6-2-1-3-7-14)10-13-11-22-16-9-5-4-8-15(13)16/h1-9,11-12,22H,10H2. The number of aromatic nitrogens is 5. The Morgan fingerprint density at radius 3 is 2.68 bits per heavy atom. The monoisotopic (exact) mass is 423 g/mol. The summed E-state index contributed by atoms with van der Waals surface area (Å²) in [6.07, 6.45) is 4.37. The van der Waals surface area contributed by atoms with Crippen molar-refractivity contribution in [2.75, 3.05) is 0 Å². The maximum Gasteiger partial charge on any atom is 0.202 e. The van der Waals surface area contributed by atoms with Gasteiger partial charge >= 0.3 is 0 Å². The smallest absolute Gasteiger partial charge is 0.202 e. The molecule has 0 saturated heterocycles. The van der Waals surface area contributed by atoms with Crippen molar-refractivity contribution in [3.05, 3.63) is 82.7 Å². The van der Waals surface area contributed by atoms with Crippen molar-refractivity contribution in [2.45, 2.75) is 15.9 Å². The molecule has 5 rings (SSSR count). The van der Waals surface area contributed by atoms with E-state index in [0.29, 0.717) is 10.8 Å². The van der Waals surface area contributed by atoms with E-state index in [2.05, 4.69) is 55.1 Å². The maximum atomic E-state index is 6.04. The summed E-state index contributed by atoms with van der Waals surface area (Å²) in [6.45, 7) is 0. The third-order valence-corrected chi connectivity index (χ3v) is 6.51. The third kappa shape index (κ3) is 3.32. The van der Waals surface area contributed by atoms with Gasteiger partial charge < -0.3 is 4.98 Å². The first-order valence-electron chi connectivity index (χ1n) is 8.62. The molecule has 0 radical (unpaired) electrons. The Morgan fingerprint density at radius 1 is 1.04 bits per heavy atom. The van der Waals surface area contributed by atoms with E-state index in [9.17, 15) is 0 Å². The Bertz CT molecular complexity index is 1240. The molecule has 5 aromatic rings. The molecule has 0 aliphatic rings. The highest BCUT2D eigenvalue weighted by Crippen LogP contribution is 2.34. The van der Waals surface area contributed by atoms with E-state index >= 15 is 0 Å². The fraction of sp³-hybridized carbons (Fsp3) is 0.0500. The van der Waals surface area contributed by atoms with Gasteiger partial charge in [0.1, 0.15) is 10.2 Å². The first-order chi connectivity index (χ1) is 13.8. The van der Waals surface area contributed by atoms with Crippen LogP contribution in [0.25, 0.3) is 16.6 Å². The number of halogens is 1. The minimum atomic E-state index is 0.660. The number of fused-ring (bicyclic) bond motifs is 1. The lowest BCUT2D eigenvalue weighted by Crippen LogP contribution is -2.03. The normalized spacial score (nSPS) is 11.3. The highest BCUT2D eigenvalue weighted by Gasteiger charge is 2.18. The van der Waals surface area contributed by atoms with Gasteiger partial charge in [0.15, 0.2) is 4.34 Å². The molecule has 0 aliphatic carbocycles. The van der Waals surface area contributed by atoms with Crippen LogP contribution in [0.3, 0.4) is 0 Å². The molecule has 0 unspecified atom stereocenters. The SMILES string of the molecule is Clc1cnc(Sc2nnc(Cc3c[nH]c4ccccc34)n2-c2ccccc2)s1. The van der Waals surface area contributed by atoms with Crippen LogP contribution in [0, 0.1) is 0 Å². The molecule has 138 valence electrons. The van der Waals surface area contributed by atoms with Gasteiger partial charge in [-0.2, -0.15) is 0 Å². The van der Waals surface area contributed by atoms with Crippen molar-refractivity contribution in [3.63, 3.8) is 0 Å². The van der Waals surface area contributed by atoms with Crippen molar-refractivity contribution in [3.8, 4) is 5.69 Å². The molecule has 2 aromatic carbocycles. The van der Waals surface area contributed by atoms with Gasteiger partial charge in [-0.3, -0.25) is 4.57 Å². The molecule has 0 aliphatic heterocycles. The van der Waals surface area contributed by atoms with Gasteiger partial charge in [0.05, 0.1) is 6.20 Å². The second-order valence-corrected chi connectivity index (χ2v) is 9.01. The predicted octanol–water partition coefficient (Wildman–Crippen LogP) is 5.60. The second kappa shape index (κ2) is 7.43. The van der Waals surface area contributed by atoms with E-state index in [-0.39, 0.29) is 0 Å². The van der Waals surface area contributed by atoms with E-state index in [4.69, 9.17) is 11.6 Å². The van der Waals surface area contributed by atoms with Crippen LogP contribution in [0.4, 0.5) is 0 Å². The summed E-state index contributed by atoms with van der Waals surface area (Å²) in [7, 11) is 0. The Morgan fingerprint density at radius 2 is 1.86 bits per heavy atom. The van der Waals surface area contributed by atoms with Crippen LogP contribution < -0.4 is 0 Å². The summed E-state index contributed by atoms with van der Waals surface area (Å²) in [5.41, 5.74) is 3.33. The third-order valence-electron chi connectivity index (χ3n) is 4.37. The number of para-hydroxylation sites is 2. The van der Waals surface area contributed by atoms with E-state index < -0.39 is 0 Å². The molecule has 0 saturated carbocycles. The summed E-state index contributed by atoms with van der Waals surface area (Å²) in [6, 6.07) is 18.4. The van der Waals surface area contributed by atoms with Crippen molar-refractivity contribution < 1.29 is 0 Å². The average molecular weight is 424 g/mol. The first-order valence-corrected chi connectivity index (χ1v) is 10.6. The van der Waals surface area contributed by atoms with Crippen LogP contribution in [-0.4, -0.2) is 24.7 Å². The minimum absolute atomic E-state index is 0.660. The van der Waals surface area contributed by atoms with Gasteiger partial charge in [-0.15, -0.1) is 10.2 Å². The molecule has 5 nitrogen and oxygen atoms in total. The molecule has 1 N–H and O–H groups in total. The van der Waals surface area contributed by atoms with Gasteiger partial charge in [0.2, 0.25) is 5.16 Å². The van der Waals surface area contributed by atoms with E-state index in [1.54, 1.807) is 6.20 Å². The minimum Gasteiger partial charge on any atom is -0.361 e. The Kier molecular flexibility index (Phi) is 4.64. The molecule has 0 spiro atoms. The van der Waals surface area contributed by atoms with Crippen LogP contribution in [-0.2, 0) is 6.42 Å². The van der Waals surface area contributed by atoms with E-state index in [0.717, 1.165) is 26.5 Å². The number of H-pyrrole nitrogens is 1. The Balaban J connectivity index is 1.57. The number of rotatable bonds is 5. The maximum absolute atomic E-state index is 6.04. The zero-order valence-electron chi connectivity index (χ0n) is 14.5. The van der Waals surface area contributed by atoms with Gasteiger partial charge in [-0.05, 0) is 35.5 Å². The number of thiazole rings is 1. The van der Waals surface area contributed by atoms with E-state index in [1.807, 2.05) is 30.5 Å². The summed E-state index contributed by atoms with van der Waals surface area (Å²) in [5, 5.41) is 10.9. The Hall–Kier alpha value is -2.61. The first kappa shape index (κ1) is 17.5. The highest BCUT2D eigenvalue weighted by molar-refractivity contribution is 8.00. The van der Waals surface area contributed by atoms with Gasteiger partial charge in [-0.1, -0.05) is 59.3 Å². The van der Waals surface area contributed by atoms with Gasteiger partial charge in [0.25, 0.3) is 0 Å². The lowest BCUT2D eigenvalue weighted by atomic mass is 10.1. The summed E-state index contributed by atoms with van der Waals surface area (Å²) < 4.78 is 3.59. The molecule has 3 heterocycles. The molecule has 0 atom stereocenters. The van der Waals surface area contributed by atoms with Crippen molar-refractivity contribution in [1.29, 1.82) is 0 Å². The number of nitrogens with one attached hydrogen (secondary N) is 1. The lowest BCUT2D eigenvalue weighted by molar-refractivity contribution is 0.849. The predicted molar refractivity (Wildman–Crippen MR) is 114 cm³/mol. The van der Waals surface area contributed by atoms with Crippen LogP contribution >= 0.6 is 34.7 Å². The van der Waals surface area contributed by atoms with Crippen molar-refractivity contribution in [1.82, 2.24) is 24.7 Å². The number of hydrogen-bond acceptors (Lipinski definition) is 5. The average Bonchev–Trinajstić information content (AvgIpc) is 3.43. The molecule has 3 aromatic heterocycles. The molecular weight excluding hydrogens is 410 g/mol.